The number of benzene rings is 1. The number of amides is 1. The summed E-state index contributed by atoms with van der Waals surface area (Å²) in [5.41, 5.74) is 2.29. The van der Waals surface area contributed by atoms with Crippen molar-refractivity contribution >= 4 is 11.6 Å². The molecule has 1 aromatic carbocycles. The zero-order valence-corrected chi connectivity index (χ0v) is 12.1. The van der Waals surface area contributed by atoms with Crippen molar-refractivity contribution in [1.82, 2.24) is 0 Å². The summed E-state index contributed by atoms with van der Waals surface area (Å²) in [7, 11) is 0. The zero-order valence-electron chi connectivity index (χ0n) is 12.1. The van der Waals surface area contributed by atoms with E-state index in [1.807, 2.05) is 13.8 Å². The molecule has 0 heterocycles. The van der Waals surface area contributed by atoms with Crippen LogP contribution < -0.4 is 15.8 Å². The number of ether oxygens (including phenoxy) is 1. The van der Waals surface area contributed by atoms with Crippen molar-refractivity contribution in [3.63, 3.8) is 0 Å². The Morgan fingerprint density at radius 1 is 1.38 bits per heavy atom. The molecule has 0 fully saturated rings. The Morgan fingerprint density at radius 2 is 2.00 bits per heavy atom. The highest BCUT2D eigenvalue weighted by Gasteiger charge is 2.53. The van der Waals surface area contributed by atoms with Crippen LogP contribution in [0.5, 0.6) is 5.75 Å². The second kappa shape index (κ2) is 6.34. The summed E-state index contributed by atoms with van der Waals surface area (Å²) >= 11 is 0. The molecular weight excluding hydrogens is 285 g/mol. The quantitative estimate of drug-likeness (QED) is 0.879. The standard InChI is InChI=1S/C14H19F3N2O2/c1-9(2)8-21-11-6-4-5-10(7-11)19-12(20)13(3,18)14(15,16)17/h4-7,9H,8,18H2,1-3H3,(H,19,20). The van der Waals surface area contributed by atoms with Gasteiger partial charge in [-0.15, -0.1) is 0 Å². The van der Waals surface area contributed by atoms with Crippen molar-refractivity contribution in [1.29, 1.82) is 0 Å². The van der Waals surface area contributed by atoms with E-state index in [-0.39, 0.29) is 5.69 Å². The third-order valence-corrected chi connectivity index (χ3v) is 2.74. The number of hydrogen-bond donors (Lipinski definition) is 2. The molecule has 0 aromatic heterocycles. The van der Waals surface area contributed by atoms with Gasteiger partial charge in [0.15, 0.2) is 5.54 Å². The first-order valence-electron chi connectivity index (χ1n) is 6.44. The van der Waals surface area contributed by atoms with E-state index < -0.39 is 17.6 Å². The lowest BCUT2D eigenvalue weighted by atomic mass is 10.0. The molecule has 0 aliphatic rings. The Labute approximate surface area is 121 Å². The molecule has 0 saturated heterocycles. The van der Waals surface area contributed by atoms with E-state index in [2.05, 4.69) is 5.32 Å². The number of nitrogens with one attached hydrogen (secondary N) is 1. The van der Waals surface area contributed by atoms with Crippen molar-refractivity contribution in [2.75, 3.05) is 11.9 Å². The van der Waals surface area contributed by atoms with Gasteiger partial charge in [0.1, 0.15) is 5.75 Å². The average Bonchev–Trinajstić information content (AvgIpc) is 2.35. The summed E-state index contributed by atoms with van der Waals surface area (Å²) in [6.07, 6.45) is -4.83. The molecule has 118 valence electrons. The van der Waals surface area contributed by atoms with Gasteiger partial charge in [0.05, 0.1) is 6.61 Å². The van der Waals surface area contributed by atoms with E-state index in [9.17, 15) is 18.0 Å². The van der Waals surface area contributed by atoms with Crippen LogP contribution in [0.4, 0.5) is 18.9 Å². The van der Waals surface area contributed by atoms with Gasteiger partial charge in [-0.25, -0.2) is 0 Å². The van der Waals surface area contributed by atoms with Gasteiger partial charge >= 0.3 is 6.18 Å². The summed E-state index contributed by atoms with van der Waals surface area (Å²) in [5, 5.41) is 2.15. The number of carbonyl (C=O) groups is 1. The van der Waals surface area contributed by atoms with Crippen LogP contribution in [0.1, 0.15) is 20.8 Å². The van der Waals surface area contributed by atoms with Crippen LogP contribution in [0.3, 0.4) is 0 Å². The Kier molecular flexibility index (Phi) is 5.22. The number of rotatable bonds is 5. The highest BCUT2D eigenvalue weighted by atomic mass is 19.4. The van der Waals surface area contributed by atoms with Crippen LogP contribution in [-0.2, 0) is 4.79 Å². The molecule has 1 rings (SSSR count). The average molecular weight is 304 g/mol. The number of halogens is 3. The maximum Gasteiger partial charge on any atom is 0.415 e. The third-order valence-electron chi connectivity index (χ3n) is 2.74. The smallest absolute Gasteiger partial charge is 0.415 e. The number of carbonyl (C=O) groups excluding carboxylic acids is 1. The van der Waals surface area contributed by atoms with Gasteiger partial charge in [0, 0.05) is 11.8 Å². The molecule has 4 nitrogen and oxygen atoms in total. The van der Waals surface area contributed by atoms with Crippen LogP contribution in [0.15, 0.2) is 24.3 Å². The second-order valence-electron chi connectivity index (χ2n) is 5.39. The van der Waals surface area contributed by atoms with Crippen LogP contribution in [0.25, 0.3) is 0 Å². The Morgan fingerprint density at radius 3 is 2.52 bits per heavy atom. The summed E-state index contributed by atoms with van der Waals surface area (Å²) < 4.78 is 43.4. The van der Waals surface area contributed by atoms with E-state index in [1.165, 1.54) is 12.1 Å². The molecule has 1 unspecified atom stereocenters. The normalized spacial score (nSPS) is 14.7. The molecule has 7 heteroatoms. The molecule has 0 aliphatic heterocycles. The highest BCUT2D eigenvalue weighted by molar-refractivity contribution is 5.98. The van der Waals surface area contributed by atoms with Crippen molar-refractivity contribution in [2.45, 2.75) is 32.5 Å². The van der Waals surface area contributed by atoms with Crippen LogP contribution in [-0.4, -0.2) is 24.2 Å². The van der Waals surface area contributed by atoms with E-state index in [4.69, 9.17) is 10.5 Å². The monoisotopic (exact) mass is 304 g/mol. The molecule has 0 aliphatic carbocycles. The van der Waals surface area contributed by atoms with Gasteiger partial charge in [-0.1, -0.05) is 19.9 Å². The molecule has 1 aromatic rings. The minimum Gasteiger partial charge on any atom is -0.493 e. The maximum absolute atomic E-state index is 12.7. The molecule has 1 amide bonds. The number of anilines is 1. The lowest BCUT2D eigenvalue weighted by Crippen LogP contribution is -2.59. The Balaban J connectivity index is 2.79. The zero-order chi connectivity index (χ0) is 16.3. The number of hydrogen-bond acceptors (Lipinski definition) is 3. The number of alkyl halides is 3. The minimum absolute atomic E-state index is 0.196. The van der Waals surface area contributed by atoms with Crippen LogP contribution >= 0.6 is 0 Å². The van der Waals surface area contributed by atoms with Gasteiger partial charge in [-0.2, -0.15) is 13.2 Å². The van der Waals surface area contributed by atoms with Crippen molar-refractivity contribution in [3.8, 4) is 5.75 Å². The van der Waals surface area contributed by atoms with Crippen LogP contribution in [0, 0.1) is 5.92 Å². The molecule has 3 N–H and O–H groups in total. The van der Waals surface area contributed by atoms with Crippen molar-refractivity contribution < 1.29 is 22.7 Å². The van der Waals surface area contributed by atoms with Gasteiger partial charge in [-0.05, 0) is 25.0 Å². The van der Waals surface area contributed by atoms with E-state index in [0.29, 0.717) is 25.2 Å². The first-order valence-corrected chi connectivity index (χ1v) is 6.44. The lowest BCUT2D eigenvalue weighted by molar-refractivity contribution is -0.184. The second-order valence-corrected chi connectivity index (χ2v) is 5.39. The summed E-state index contributed by atoms with van der Waals surface area (Å²) in [5.74, 6) is -0.552. The molecule has 0 bridgehead atoms. The fourth-order valence-corrected chi connectivity index (χ4v) is 1.32. The summed E-state index contributed by atoms with van der Waals surface area (Å²) in [6, 6.07) is 6.15. The maximum atomic E-state index is 12.7. The lowest BCUT2D eigenvalue weighted by Gasteiger charge is -2.26. The van der Waals surface area contributed by atoms with Gasteiger partial charge < -0.3 is 15.8 Å². The minimum atomic E-state index is -4.83. The fraction of sp³-hybridized carbons (Fsp3) is 0.500. The largest absolute Gasteiger partial charge is 0.493 e. The summed E-state index contributed by atoms with van der Waals surface area (Å²) in [4.78, 5) is 11.7. The highest BCUT2D eigenvalue weighted by Crippen LogP contribution is 2.29. The van der Waals surface area contributed by atoms with Crippen LogP contribution in [0.2, 0.25) is 0 Å². The van der Waals surface area contributed by atoms with Gasteiger partial charge in [0.2, 0.25) is 0 Å². The van der Waals surface area contributed by atoms with Crippen molar-refractivity contribution in [3.05, 3.63) is 24.3 Å². The molecule has 0 radical (unpaired) electrons. The van der Waals surface area contributed by atoms with E-state index in [1.54, 1.807) is 12.1 Å². The molecule has 0 spiro atoms. The van der Waals surface area contributed by atoms with E-state index >= 15 is 0 Å². The fourth-order valence-electron chi connectivity index (χ4n) is 1.32. The molecular formula is C14H19F3N2O2. The Hall–Kier alpha value is -1.76. The first kappa shape index (κ1) is 17.3. The summed E-state index contributed by atoms with van der Waals surface area (Å²) in [6.45, 7) is 5.03. The third kappa shape index (κ3) is 4.63. The van der Waals surface area contributed by atoms with Gasteiger partial charge in [-0.3, -0.25) is 4.79 Å². The number of nitrogens with two attached hydrogens (primary N) is 1. The first-order chi connectivity index (χ1) is 9.54. The topological polar surface area (TPSA) is 64.3 Å². The predicted molar refractivity (Wildman–Crippen MR) is 74.1 cm³/mol. The molecule has 0 saturated carbocycles. The van der Waals surface area contributed by atoms with Gasteiger partial charge in [0.25, 0.3) is 5.91 Å². The van der Waals surface area contributed by atoms with Crippen molar-refractivity contribution in [2.24, 2.45) is 11.7 Å². The van der Waals surface area contributed by atoms with E-state index in [0.717, 1.165) is 0 Å². The predicted octanol–water partition coefficient (Wildman–Crippen LogP) is 2.94. The Bertz CT molecular complexity index is 499. The molecule has 1 atom stereocenters. The molecule has 21 heavy (non-hydrogen) atoms. The SMILES string of the molecule is CC(C)COc1cccc(NC(=O)C(C)(N)C(F)(F)F)c1.